The van der Waals surface area contributed by atoms with Crippen molar-refractivity contribution in [3.8, 4) is 5.75 Å². The molecule has 146 valence electrons. The highest BCUT2D eigenvalue weighted by molar-refractivity contribution is 7.89. The fourth-order valence-electron chi connectivity index (χ4n) is 2.19. The summed E-state index contributed by atoms with van der Waals surface area (Å²) in [6, 6.07) is 12.8. The van der Waals surface area contributed by atoms with Gasteiger partial charge in [-0.05, 0) is 47.9 Å². The van der Waals surface area contributed by atoms with E-state index in [1.54, 1.807) is 43.5 Å². The van der Waals surface area contributed by atoms with Gasteiger partial charge in [0.25, 0.3) is 0 Å². The van der Waals surface area contributed by atoms with Gasteiger partial charge in [0.15, 0.2) is 0 Å². The predicted molar refractivity (Wildman–Crippen MR) is 105 cm³/mol. The highest BCUT2D eigenvalue weighted by Gasteiger charge is 2.14. The van der Waals surface area contributed by atoms with Gasteiger partial charge in [-0.25, -0.2) is 17.9 Å². The zero-order valence-corrected chi connectivity index (χ0v) is 16.5. The smallest absolute Gasteiger partial charge is 0.319 e. The highest BCUT2D eigenvalue weighted by Crippen LogP contribution is 2.15. The van der Waals surface area contributed by atoms with Crippen molar-refractivity contribution in [2.75, 3.05) is 19.0 Å². The molecule has 2 aromatic carbocycles. The summed E-state index contributed by atoms with van der Waals surface area (Å²) in [5.41, 5.74) is 1.34. The number of nitrogens with one attached hydrogen (secondary N) is 3. The summed E-state index contributed by atoms with van der Waals surface area (Å²) in [4.78, 5) is 11.9. The molecule has 2 aromatic rings. The molecule has 0 saturated carbocycles. The van der Waals surface area contributed by atoms with Crippen molar-refractivity contribution in [1.29, 1.82) is 0 Å². The van der Waals surface area contributed by atoms with Gasteiger partial charge in [0, 0.05) is 18.8 Å². The summed E-state index contributed by atoms with van der Waals surface area (Å²) in [7, 11) is -2.08. The zero-order valence-electron chi connectivity index (χ0n) is 15.7. The molecule has 27 heavy (non-hydrogen) atoms. The van der Waals surface area contributed by atoms with Gasteiger partial charge in [0.05, 0.1) is 12.0 Å². The van der Waals surface area contributed by atoms with Crippen LogP contribution in [0.4, 0.5) is 10.5 Å². The van der Waals surface area contributed by atoms with E-state index in [1.165, 1.54) is 12.1 Å². The SMILES string of the molecule is COc1ccc(CNS(=O)(=O)c2ccc(NC(=O)NCC(C)C)cc2)cc1. The van der Waals surface area contributed by atoms with Crippen molar-refractivity contribution in [1.82, 2.24) is 10.0 Å². The third kappa shape index (κ3) is 6.58. The van der Waals surface area contributed by atoms with Gasteiger partial charge in [-0.3, -0.25) is 0 Å². The first-order chi connectivity index (χ1) is 12.8. The summed E-state index contributed by atoms with van der Waals surface area (Å²) in [6.45, 7) is 4.73. The number of hydrogen-bond acceptors (Lipinski definition) is 4. The molecule has 2 amide bonds. The summed E-state index contributed by atoms with van der Waals surface area (Å²) in [6.07, 6.45) is 0. The molecule has 0 aliphatic rings. The quantitative estimate of drug-likeness (QED) is 0.645. The van der Waals surface area contributed by atoms with E-state index in [0.717, 1.165) is 5.56 Å². The van der Waals surface area contributed by atoms with Gasteiger partial charge in [0.1, 0.15) is 5.75 Å². The number of anilines is 1. The lowest BCUT2D eigenvalue weighted by Crippen LogP contribution is -2.31. The van der Waals surface area contributed by atoms with Gasteiger partial charge >= 0.3 is 6.03 Å². The average Bonchev–Trinajstić information content (AvgIpc) is 2.65. The first kappa shape index (κ1) is 20.7. The maximum absolute atomic E-state index is 12.4. The summed E-state index contributed by atoms with van der Waals surface area (Å²) in [5, 5.41) is 5.40. The number of ether oxygens (including phenoxy) is 1. The van der Waals surface area contributed by atoms with Crippen molar-refractivity contribution in [2.24, 2.45) is 5.92 Å². The fourth-order valence-corrected chi connectivity index (χ4v) is 3.21. The van der Waals surface area contributed by atoms with Gasteiger partial charge in [-0.15, -0.1) is 0 Å². The molecule has 3 N–H and O–H groups in total. The number of benzene rings is 2. The topological polar surface area (TPSA) is 96.5 Å². The van der Waals surface area contributed by atoms with Crippen LogP contribution in [0.5, 0.6) is 5.75 Å². The summed E-state index contributed by atoms with van der Waals surface area (Å²) in [5.74, 6) is 1.06. The average molecular weight is 391 g/mol. The van der Waals surface area contributed by atoms with Crippen LogP contribution in [0.3, 0.4) is 0 Å². The Kier molecular flexibility index (Phi) is 7.20. The Morgan fingerprint density at radius 1 is 1.04 bits per heavy atom. The van der Waals surface area contributed by atoms with E-state index in [4.69, 9.17) is 4.74 Å². The summed E-state index contributed by atoms with van der Waals surface area (Å²) >= 11 is 0. The van der Waals surface area contributed by atoms with E-state index in [9.17, 15) is 13.2 Å². The van der Waals surface area contributed by atoms with Crippen LogP contribution in [0.1, 0.15) is 19.4 Å². The minimum Gasteiger partial charge on any atom is -0.497 e. The number of hydrogen-bond donors (Lipinski definition) is 3. The normalized spacial score (nSPS) is 11.3. The predicted octanol–water partition coefficient (Wildman–Crippen LogP) is 2.95. The lowest BCUT2D eigenvalue weighted by atomic mass is 10.2. The largest absolute Gasteiger partial charge is 0.497 e. The van der Waals surface area contributed by atoms with E-state index in [0.29, 0.717) is 23.9 Å². The molecule has 0 unspecified atom stereocenters. The van der Waals surface area contributed by atoms with Crippen molar-refractivity contribution in [3.63, 3.8) is 0 Å². The van der Waals surface area contributed by atoms with E-state index in [-0.39, 0.29) is 17.5 Å². The second kappa shape index (κ2) is 9.38. The van der Waals surface area contributed by atoms with Crippen LogP contribution in [0.15, 0.2) is 53.4 Å². The molecule has 0 spiro atoms. The Hall–Kier alpha value is -2.58. The van der Waals surface area contributed by atoms with Crippen molar-refractivity contribution < 1.29 is 17.9 Å². The third-order valence-corrected chi connectivity index (χ3v) is 5.14. The minimum atomic E-state index is -3.65. The Morgan fingerprint density at radius 2 is 1.67 bits per heavy atom. The third-order valence-electron chi connectivity index (χ3n) is 3.72. The maximum Gasteiger partial charge on any atom is 0.319 e. The van der Waals surface area contributed by atoms with Crippen molar-refractivity contribution in [2.45, 2.75) is 25.3 Å². The molecular formula is C19H25N3O4S. The Morgan fingerprint density at radius 3 is 2.22 bits per heavy atom. The van der Waals surface area contributed by atoms with Gasteiger partial charge in [-0.2, -0.15) is 0 Å². The molecule has 2 rings (SSSR count). The number of sulfonamides is 1. The number of amides is 2. The molecule has 0 aliphatic carbocycles. The van der Waals surface area contributed by atoms with Gasteiger partial charge in [-0.1, -0.05) is 26.0 Å². The highest BCUT2D eigenvalue weighted by atomic mass is 32.2. The fraction of sp³-hybridized carbons (Fsp3) is 0.316. The Balaban J connectivity index is 1.94. The molecule has 8 heteroatoms. The lowest BCUT2D eigenvalue weighted by Gasteiger charge is -2.11. The van der Waals surface area contributed by atoms with Crippen molar-refractivity contribution in [3.05, 3.63) is 54.1 Å². The molecule has 0 atom stereocenters. The van der Waals surface area contributed by atoms with E-state index >= 15 is 0 Å². The number of carbonyl (C=O) groups excluding carboxylic acids is 1. The zero-order chi connectivity index (χ0) is 19.9. The van der Waals surface area contributed by atoms with Crippen LogP contribution in [0.2, 0.25) is 0 Å². The molecule has 0 radical (unpaired) electrons. The van der Waals surface area contributed by atoms with Crippen LogP contribution in [0, 0.1) is 5.92 Å². The maximum atomic E-state index is 12.4. The molecule has 0 heterocycles. The minimum absolute atomic E-state index is 0.129. The molecule has 0 bridgehead atoms. The van der Waals surface area contributed by atoms with Crippen LogP contribution in [-0.4, -0.2) is 28.1 Å². The monoisotopic (exact) mass is 391 g/mol. The molecule has 0 saturated heterocycles. The number of carbonyl (C=O) groups is 1. The number of rotatable bonds is 8. The van der Waals surface area contributed by atoms with Crippen LogP contribution >= 0.6 is 0 Å². The second-order valence-electron chi connectivity index (χ2n) is 6.43. The van der Waals surface area contributed by atoms with Gasteiger partial charge in [0.2, 0.25) is 10.0 Å². The molecule has 0 aromatic heterocycles. The van der Waals surface area contributed by atoms with Crippen LogP contribution in [0.25, 0.3) is 0 Å². The molecule has 0 fully saturated rings. The number of methoxy groups -OCH3 is 1. The Bertz CT molecular complexity index is 848. The van der Waals surface area contributed by atoms with E-state index in [2.05, 4.69) is 15.4 Å². The van der Waals surface area contributed by atoms with E-state index in [1.807, 2.05) is 13.8 Å². The van der Waals surface area contributed by atoms with Crippen LogP contribution < -0.4 is 20.1 Å². The van der Waals surface area contributed by atoms with Crippen LogP contribution in [-0.2, 0) is 16.6 Å². The molecule has 7 nitrogen and oxygen atoms in total. The lowest BCUT2D eigenvalue weighted by molar-refractivity contribution is 0.251. The second-order valence-corrected chi connectivity index (χ2v) is 8.19. The molecule has 0 aliphatic heterocycles. The van der Waals surface area contributed by atoms with Gasteiger partial charge < -0.3 is 15.4 Å². The first-order valence-corrected chi connectivity index (χ1v) is 10.1. The van der Waals surface area contributed by atoms with Crippen molar-refractivity contribution >= 4 is 21.7 Å². The number of urea groups is 1. The first-order valence-electron chi connectivity index (χ1n) is 8.57. The summed E-state index contributed by atoms with van der Waals surface area (Å²) < 4.78 is 32.4. The Labute approximate surface area is 160 Å². The molecular weight excluding hydrogens is 366 g/mol. The standard InChI is InChI=1S/C19H25N3O4S/c1-14(2)12-20-19(23)22-16-6-10-18(11-7-16)27(24,25)21-13-15-4-8-17(26-3)9-5-15/h4-11,14,21H,12-13H2,1-3H3,(H2,20,22,23). The van der Waals surface area contributed by atoms with E-state index < -0.39 is 10.0 Å².